The summed E-state index contributed by atoms with van der Waals surface area (Å²) in [5.74, 6) is 0. The molecule has 1 rings (SSSR count). The molecule has 1 aliphatic heterocycles. The van der Waals surface area contributed by atoms with Gasteiger partial charge in [0.1, 0.15) is 16.7 Å². The van der Waals surface area contributed by atoms with E-state index >= 15 is 0 Å². The van der Waals surface area contributed by atoms with Gasteiger partial charge in [-0.25, -0.2) is 20.0 Å². The van der Waals surface area contributed by atoms with Crippen molar-refractivity contribution < 1.29 is 23.8 Å². The highest BCUT2D eigenvalue weighted by Gasteiger charge is 2.44. The number of nitrogens with one attached hydrogen (secondary N) is 1. The van der Waals surface area contributed by atoms with Crippen LogP contribution in [0.4, 0.5) is 9.59 Å². The lowest BCUT2D eigenvalue weighted by Gasteiger charge is -2.38. The molecular weight excluding hydrogens is 300 g/mol. The van der Waals surface area contributed by atoms with Gasteiger partial charge < -0.3 is 14.2 Å². The van der Waals surface area contributed by atoms with Crippen LogP contribution in [0.3, 0.4) is 0 Å². The van der Waals surface area contributed by atoms with Crippen molar-refractivity contribution in [1.29, 1.82) is 0 Å². The van der Waals surface area contributed by atoms with E-state index in [2.05, 4.69) is 12.0 Å². The molecule has 0 radical (unpaired) electrons. The first-order valence-electron chi connectivity index (χ1n) is 7.63. The van der Waals surface area contributed by atoms with Crippen LogP contribution < -0.4 is 5.43 Å². The highest BCUT2D eigenvalue weighted by molar-refractivity contribution is 5.75. The molecule has 7 nitrogen and oxygen atoms in total. The van der Waals surface area contributed by atoms with Gasteiger partial charge in [0.2, 0.25) is 0 Å². The number of nitrogens with zero attached hydrogens (tertiary/aromatic N) is 1. The fraction of sp³-hybridized carbons (Fsp3) is 0.750. The zero-order valence-corrected chi connectivity index (χ0v) is 14.9. The smallest absolute Gasteiger partial charge is 0.430 e. The minimum absolute atomic E-state index is 0.228. The average molecular weight is 328 g/mol. The SMILES string of the molecule is C=C[C@@]1(N(NC(=O)OC(C)(C)C)C(=O)OC(C)(C)C)CCOC1. The second-order valence-corrected chi connectivity index (χ2v) is 7.54. The third-order valence-electron chi connectivity index (χ3n) is 3.03. The van der Waals surface area contributed by atoms with Crippen molar-refractivity contribution in [2.24, 2.45) is 0 Å². The van der Waals surface area contributed by atoms with Crippen LogP contribution in [0.25, 0.3) is 0 Å². The summed E-state index contributed by atoms with van der Waals surface area (Å²) in [7, 11) is 0. The molecule has 132 valence electrons. The van der Waals surface area contributed by atoms with Gasteiger partial charge in [-0.1, -0.05) is 6.08 Å². The maximum Gasteiger partial charge on any atom is 0.430 e. The van der Waals surface area contributed by atoms with Crippen LogP contribution in [-0.4, -0.2) is 47.2 Å². The lowest BCUT2D eigenvalue weighted by molar-refractivity contribution is -0.0235. The molecule has 7 heteroatoms. The molecule has 1 N–H and O–H groups in total. The normalized spacial score (nSPS) is 21.5. The summed E-state index contributed by atoms with van der Waals surface area (Å²) in [5, 5.41) is 1.12. The van der Waals surface area contributed by atoms with E-state index < -0.39 is 28.9 Å². The van der Waals surface area contributed by atoms with E-state index in [-0.39, 0.29) is 6.61 Å². The predicted molar refractivity (Wildman–Crippen MR) is 85.8 cm³/mol. The van der Waals surface area contributed by atoms with E-state index in [9.17, 15) is 9.59 Å². The maximum atomic E-state index is 12.5. The van der Waals surface area contributed by atoms with Crippen LogP contribution in [0.1, 0.15) is 48.0 Å². The highest BCUT2D eigenvalue weighted by Crippen LogP contribution is 2.28. The molecule has 1 fully saturated rings. The van der Waals surface area contributed by atoms with Crippen molar-refractivity contribution in [3.63, 3.8) is 0 Å². The quantitative estimate of drug-likeness (QED) is 0.623. The summed E-state index contributed by atoms with van der Waals surface area (Å²) in [6.45, 7) is 14.9. The summed E-state index contributed by atoms with van der Waals surface area (Å²) in [5.41, 5.74) is 0.229. The number of hydrogen-bond acceptors (Lipinski definition) is 5. The van der Waals surface area contributed by atoms with Gasteiger partial charge in [-0.05, 0) is 41.5 Å². The monoisotopic (exact) mass is 328 g/mol. The second kappa shape index (κ2) is 6.78. The van der Waals surface area contributed by atoms with Gasteiger partial charge in [0.15, 0.2) is 0 Å². The van der Waals surface area contributed by atoms with Gasteiger partial charge in [0, 0.05) is 13.0 Å². The first-order chi connectivity index (χ1) is 10.4. The molecule has 1 saturated heterocycles. The standard InChI is InChI=1S/C16H28N2O5/c1-8-16(9-10-21-11-16)18(13(20)23-15(5,6)7)17-12(19)22-14(2,3)4/h8H,1,9-11H2,2-7H3,(H,17,19)/t16-/m1/s1. The number of ether oxygens (including phenoxy) is 3. The third-order valence-corrected chi connectivity index (χ3v) is 3.03. The molecule has 1 atom stereocenters. The van der Waals surface area contributed by atoms with Gasteiger partial charge in [0.05, 0.1) is 6.61 Å². The number of rotatable bonds is 2. The molecule has 0 aromatic rings. The lowest BCUT2D eigenvalue weighted by Crippen LogP contribution is -2.61. The fourth-order valence-corrected chi connectivity index (χ4v) is 2.04. The van der Waals surface area contributed by atoms with E-state index in [1.807, 2.05) is 0 Å². The van der Waals surface area contributed by atoms with Crippen LogP contribution >= 0.6 is 0 Å². The predicted octanol–water partition coefficient (Wildman–Crippen LogP) is 3.01. The number of amides is 2. The Morgan fingerprint density at radius 3 is 2.13 bits per heavy atom. The Balaban J connectivity index is 2.99. The Hall–Kier alpha value is -1.76. The van der Waals surface area contributed by atoms with Crippen LogP contribution in [0.2, 0.25) is 0 Å². The van der Waals surface area contributed by atoms with Gasteiger partial charge in [-0.2, -0.15) is 0 Å². The van der Waals surface area contributed by atoms with E-state index in [1.165, 1.54) is 0 Å². The molecule has 0 unspecified atom stereocenters. The maximum absolute atomic E-state index is 12.5. The van der Waals surface area contributed by atoms with Crippen LogP contribution in [-0.2, 0) is 14.2 Å². The largest absolute Gasteiger partial charge is 0.443 e. The number of carbonyl (C=O) groups excluding carboxylic acids is 2. The molecule has 2 amide bonds. The molecule has 0 saturated carbocycles. The van der Waals surface area contributed by atoms with Crippen LogP contribution in [0, 0.1) is 0 Å². The summed E-state index contributed by atoms with van der Waals surface area (Å²) in [6, 6.07) is 0. The van der Waals surface area contributed by atoms with Crippen molar-refractivity contribution in [3.05, 3.63) is 12.7 Å². The third kappa shape index (κ3) is 5.74. The summed E-state index contributed by atoms with van der Waals surface area (Å²) in [6.07, 6.45) is 0.664. The summed E-state index contributed by atoms with van der Waals surface area (Å²) >= 11 is 0. The van der Waals surface area contributed by atoms with Gasteiger partial charge >= 0.3 is 12.2 Å². The molecule has 0 aliphatic carbocycles. The van der Waals surface area contributed by atoms with E-state index in [1.54, 1.807) is 47.6 Å². The molecule has 1 aliphatic rings. The van der Waals surface area contributed by atoms with E-state index in [0.29, 0.717) is 13.0 Å². The molecule has 0 bridgehead atoms. The highest BCUT2D eigenvalue weighted by atomic mass is 16.6. The lowest BCUT2D eigenvalue weighted by atomic mass is 9.98. The van der Waals surface area contributed by atoms with Crippen molar-refractivity contribution in [1.82, 2.24) is 10.4 Å². The summed E-state index contributed by atoms with van der Waals surface area (Å²) in [4.78, 5) is 24.6. The van der Waals surface area contributed by atoms with Gasteiger partial charge in [0.25, 0.3) is 0 Å². The van der Waals surface area contributed by atoms with Crippen molar-refractivity contribution in [2.75, 3.05) is 13.2 Å². The van der Waals surface area contributed by atoms with E-state index in [0.717, 1.165) is 5.01 Å². The minimum Gasteiger partial charge on any atom is -0.443 e. The average Bonchev–Trinajstić information content (AvgIpc) is 2.81. The molecule has 0 aromatic heterocycles. The van der Waals surface area contributed by atoms with Gasteiger partial charge in [-0.15, -0.1) is 6.58 Å². The Morgan fingerprint density at radius 2 is 1.74 bits per heavy atom. The Kier molecular flexibility index (Phi) is 5.69. The topological polar surface area (TPSA) is 77.1 Å². The molecular formula is C16H28N2O5. The molecule has 0 aromatic carbocycles. The summed E-state index contributed by atoms with van der Waals surface area (Å²) < 4.78 is 16.0. The van der Waals surface area contributed by atoms with Crippen LogP contribution in [0.5, 0.6) is 0 Å². The minimum atomic E-state index is -0.862. The molecule has 0 spiro atoms. The Morgan fingerprint density at radius 1 is 1.17 bits per heavy atom. The number of carbonyl (C=O) groups is 2. The number of hydrazine groups is 1. The zero-order chi connectivity index (χ0) is 17.9. The first kappa shape index (κ1) is 19.3. The zero-order valence-electron chi connectivity index (χ0n) is 14.9. The van der Waals surface area contributed by atoms with Crippen molar-refractivity contribution in [2.45, 2.75) is 64.7 Å². The van der Waals surface area contributed by atoms with Gasteiger partial charge in [-0.3, -0.25) is 0 Å². The molecule has 1 heterocycles. The van der Waals surface area contributed by atoms with Crippen molar-refractivity contribution in [3.8, 4) is 0 Å². The van der Waals surface area contributed by atoms with E-state index in [4.69, 9.17) is 14.2 Å². The molecule has 23 heavy (non-hydrogen) atoms. The second-order valence-electron chi connectivity index (χ2n) is 7.54. The first-order valence-corrected chi connectivity index (χ1v) is 7.63. The number of hydrogen-bond donors (Lipinski definition) is 1. The Labute approximate surface area is 137 Å². The Bertz CT molecular complexity index is 456. The van der Waals surface area contributed by atoms with Crippen molar-refractivity contribution >= 4 is 12.2 Å². The van der Waals surface area contributed by atoms with Crippen LogP contribution in [0.15, 0.2) is 12.7 Å². The fourth-order valence-electron chi connectivity index (χ4n) is 2.04.